The lowest BCUT2D eigenvalue weighted by molar-refractivity contribution is -0.126. The average Bonchev–Trinajstić information content (AvgIpc) is 2.69. The van der Waals surface area contributed by atoms with Gasteiger partial charge in [-0.1, -0.05) is 77.4 Å². The van der Waals surface area contributed by atoms with Gasteiger partial charge in [-0.05, 0) is 57.7 Å². The van der Waals surface area contributed by atoms with Crippen LogP contribution in [0.5, 0.6) is 5.75 Å². The standard InChI is InChI=1S/C26H33ClN2O3/c1-25(2,3)20-15-18(16-21(24(20)32)26(4,5)6)10-14-23(31)29-28-22(30)13-9-17-7-11-19(27)12-8-17/h7-9,11-13,15-16,32H,10,14H2,1-6H3,(H,28,30)(H,29,31)/b13-9+. The Bertz CT molecular complexity index is 962. The van der Waals surface area contributed by atoms with E-state index < -0.39 is 5.91 Å². The molecule has 2 rings (SSSR count). The Morgan fingerprint density at radius 3 is 1.97 bits per heavy atom. The Kier molecular flexibility index (Phi) is 8.13. The minimum absolute atomic E-state index is 0.207. The van der Waals surface area contributed by atoms with Crippen LogP contribution in [0, 0.1) is 0 Å². The molecule has 5 nitrogen and oxygen atoms in total. The van der Waals surface area contributed by atoms with Crippen LogP contribution in [0.1, 0.15) is 70.2 Å². The zero-order valence-electron chi connectivity index (χ0n) is 19.7. The number of phenols is 1. The molecule has 0 aliphatic carbocycles. The Morgan fingerprint density at radius 2 is 1.47 bits per heavy atom. The van der Waals surface area contributed by atoms with E-state index in [0.717, 1.165) is 22.3 Å². The molecule has 0 spiro atoms. The summed E-state index contributed by atoms with van der Waals surface area (Å²) in [5, 5.41) is 11.4. The molecule has 2 aromatic rings. The molecule has 0 unspecified atom stereocenters. The van der Waals surface area contributed by atoms with Crippen molar-refractivity contribution in [3.05, 3.63) is 69.8 Å². The first-order valence-electron chi connectivity index (χ1n) is 10.7. The quantitative estimate of drug-likeness (QED) is 0.414. The second-order valence-electron chi connectivity index (χ2n) is 9.96. The molecule has 0 aliphatic rings. The Hall–Kier alpha value is -2.79. The van der Waals surface area contributed by atoms with Gasteiger partial charge in [-0.2, -0.15) is 0 Å². The third kappa shape index (κ3) is 7.41. The van der Waals surface area contributed by atoms with Crippen LogP contribution in [0.2, 0.25) is 5.02 Å². The zero-order valence-corrected chi connectivity index (χ0v) is 20.4. The van der Waals surface area contributed by atoms with Crippen molar-refractivity contribution in [2.75, 3.05) is 0 Å². The van der Waals surface area contributed by atoms with Crippen molar-refractivity contribution >= 4 is 29.5 Å². The van der Waals surface area contributed by atoms with Gasteiger partial charge in [-0.15, -0.1) is 0 Å². The number of aromatic hydroxyl groups is 1. The van der Waals surface area contributed by atoms with Gasteiger partial charge in [0.2, 0.25) is 5.91 Å². The zero-order chi connectivity index (χ0) is 24.1. The molecule has 0 radical (unpaired) electrons. The second-order valence-corrected chi connectivity index (χ2v) is 10.4. The lowest BCUT2D eigenvalue weighted by atomic mass is 9.78. The van der Waals surface area contributed by atoms with Crippen molar-refractivity contribution in [2.24, 2.45) is 0 Å². The Morgan fingerprint density at radius 1 is 0.938 bits per heavy atom. The molecule has 0 fully saturated rings. The van der Waals surface area contributed by atoms with E-state index in [1.165, 1.54) is 6.08 Å². The summed E-state index contributed by atoms with van der Waals surface area (Å²) in [5.74, 6) is -0.401. The largest absolute Gasteiger partial charge is 0.507 e. The summed E-state index contributed by atoms with van der Waals surface area (Å²) in [6.07, 6.45) is 3.68. The van der Waals surface area contributed by atoms with E-state index in [9.17, 15) is 14.7 Å². The lowest BCUT2D eigenvalue weighted by Gasteiger charge is -2.28. The Balaban J connectivity index is 1.98. The number of carbonyl (C=O) groups excluding carboxylic acids is 2. The molecule has 32 heavy (non-hydrogen) atoms. The SMILES string of the molecule is CC(C)(C)c1cc(CCC(=O)NNC(=O)/C=C/c2ccc(Cl)cc2)cc(C(C)(C)C)c1O. The highest BCUT2D eigenvalue weighted by Gasteiger charge is 2.26. The smallest absolute Gasteiger partial charge is 0.262 e. The van der Waals surface area contributed by atoms with E-state index in [0.29, 0.717) is 17.2 Å². The normalized spacial score (nSPS) is 12.1. The third-order valence-corrected chi connectivity index (χ3v) is 5.30. The van der Waals surface area contributed by atoms with Crippen molar-refractivity contribution in [2.45, 2.75) is 65.2 Å². The van der Waals surface area contributed by atoms with E-state index in [-0.39, 0.29) is 23.2 Å². The van der Waals surface area contributed by atoms with Crippen LogP contribution in [0.3, 0.4) is 0 Å². The van der Waals surface area contributed by atoms with Crippen LogP contribution in [-0.4, -0.2) is 16.9 Å². The highest BCUT2D eigenvalue weighted by Crippen LogP contribution is 2.39. The Labute approximate surface area is 195 Å². The van der Waals surface area contributed by atoms with Gasteiger partial charge in [0.25, 0.3) is 5.91 Å². The summed E-state index contributed by atoms with van der Waals surface area (Å²) >= 11 is 5.84. The van der Waals surface area contributed by atoms with Crippen LogP contribution in [-0.2, 0) is 26.8 Å². The molecule has 0 saturated heterocycles. The van der Waals surface area contributed by atoms with Crippen LogP contribution in [0.15, 0.2) is 42.5 Å². The molecule has 2 aromatic carbocycles. The maximum atomic E-state index is 12.2. The van der Waals surface area contributed by atoms with Gasteiger partial charge in [0.05, 0.1) is 0 Å². The summed E-state index contributed by atoms with van der Waals surface area (Å²) < 4.78 is 0. The monoisotopic (exact) mass is 456 g/mol. The van der Waals surface area contributed by atoms with Gasteiger partial charge < -0.3 is 5.11 Å². The van der Waals surface area contributed by atoms with Crippen LogP contribution >= 0.6 is 11.6 Å². The van der Waals surface area contributed by atoms with Crippen molar-refractivity contribution in [1.29, 1.82) is 0 Å². The maximum absolute atomic E-state index is 12.2. The number of nitrogens with one attached hydrogen (secondary N) is 2. The fourth-order valence-electron chi connectivity index (χ4n) is 3.22. The van der Waals surface area contributed by atoms with Gasteiger partial charge in [0, 0.05) is 17.5 Å². The topological polar surface area (TPSA) is 78.4 Å². The summed E-state index contributed by atoms with van der Waals surface area (Å²) in [5.41, 5.74) is 7.89. The van der Waals surface area contributed by atoms with E-state index in [4.69, 9.17) is 11.6 Å². The summed E-state index contributed by atoms with van der Waals surface area (Å²) in [7, 11) is 0. The highest BCUT2D eigenvalue weighted by atomic mass is 35.5. The minimum atomic E-state index is -0.428. The number of benzene rings is 2. The van der Waals surface area contributed by atoms with Gasteiger partial charge in [0.15, 0.2) is 0 Å². The predicted octanol–water partition coefficient (Wildman–Crippen LogP) is 5.43. The fraction of sp³-hybridized carbons (Fsp3) is 0.385. The molecule has 0 atom stereocenters. The van der Waals surface area contributed by atoms with Crippen molar-refractivity contribution in [1.82, 2.24) is 10.9 Å². The van der Waals surface area contributed by atoms with Crippen molar-refractivity contribution in [3.8, 4) is 5.75 Å². The number of hydrogen-bond acceptors (Lipinski definition) is 3. The van der Waals surface area contributed by atoms with Gasteiger partial charge in [0.1, 0.15) is 5.75 Å². The van der Waals surface area contributed by atoms with Crippen molar-refractivity contribution < 1.29 is 14.7 Å². The van der Waals surface area contributed by atoms with Crippen molar-refractivity contribution in [3.63, 3.8) is 0 Å². The number of hydrogen-bond donors (Lipinski definition) is 3. The molecule has 0 bridgehead atoms. The molecule has 0 heterocycles. The third-order valence-electron chi connectivity index (χ3n) is 5.05. The van der Waals surface area contributed by atoms with E-state index >= 15 is 0 Å². The van der Waals surface area contributed by atoms with E-state index in [1.807, 2.05) is 12.1 Å². The van der Waals surface area contributed by atoms with Crippen LogP contribution in [0.25, 0.3) is 6.08 Å². The number of phenolic OH excluding ortho intramolecular Hbond substituents is 1. The predicted molar refractivity (Wildman–Crippen MR) is 131 cm³/mol. The number of carbonyl (C=O) groups is 2. The average molecular weight is 457 g/mol. The summed E-state index contributed by atoms with van der Waals surface area (Å²) in [6, 6.07) is 11.0. The van der Waals surface area contributed by atoms with Gasteiger partial charge >= 0.3 is 0 Å². The molecule has 6 heteroatoms. The first-order chi connectivity index (χ1) is 14.8. The molecule has 0 aliphatic heterocycles. The minimum Gasteiger partial charge on any atom is -0.507 e. The number of rotatable bonds is 5. The highest BCUT2D eigenvalue weighted by molar-refractivity contribution is 6.30. The van der Waals surface area contributed by atoms with Crippen LogP contribution in [0.4, 0.5) is 0 Å². The molecule has 3 N–H and O–H groups in total. The van der Waals surface area contributed by atoms with E-state index in [2.05, 4.69) is 52.4 Å². The molecular formula is C26H33ClN2O3. The summed E-state index contributed by atoms with van der Waals surface area (Å²) in [4.78, 5) is 24.2. The number of hydrazine groups is 1. The molecule has 0 aromatic heterocycles. The first kappa shape index (κ1) is 25.5. The number of aryl methyl sites for hydroxylation is 1. The molecular weight excluding hydrogens is 424 g/mol. The van der Waals surface area contributed by atoms with E-state index in [1.54, 1.807) is 30.3 Å². The molecule has 2 amide bonds. The van der Waals surface area contributed by atoms with Gasteiger partial charge in [-0.25, -0.2) is 0 Å². The number of halogens is 1. The molecule has 0 saturated carbocycles. The van der Waals surface area contributed by atoms with Gasteiger partial charge in [-0.3, -0.25) is 20.4 Å². The maximum Gasteiger partial charge on any atom is 0.262 e. The summed E-state index contributed by atoms with van der Waals surface area (Å²) in [6.45, 7) is 12.3. The fourth-order valence-corrected chi connectivity index (χ4v) is 3.35. The molecule has 172 valence electrons. The number of amides is 2. The van der Waals surface area contributed by atoms with Crippen LogP contribution < -0.4 is 10.9 Å². The first-order valence-corrected chi connectivity index (χ1v) is 11.0. The second kappa shape index (κ2) is 10.2. The lowest BCUT2D eigenvalue weighted by Crippen LogP contribution is -2.40.